The lowest BCUT2D eigenvalue weighted by molar-refractivity contribution is 0.408. The highest BCUT2D eigenvalue weighted by Gasteiger charge is 2.26. The predicted molar refractivity (Wildman–Crippen MR) is 73.1 cm³/mol. The van der Waals surface area contributed by atoms with E-state index in [1.165, 1.54) is 26.0 Å². The molecule has 2 rings (SSSR count). The van der Waals surface area contributed by atoms with Gasteiger partial charge in [0.1, 0.15) is 11.6 Å². The number of nitrogens with one attached hydrogen (secondary N) is 1. The lowest BCUT2D eigenvalue weighted by atomic mass is 9.99. The van der Waals surface area contributed by atoms with Gasteiger partial charge in [0.05, 0.1) is 13.2 Å². The molecule has 5 heteroatoms. The van der Waals surface area contributed by atoms with Gasteiger partial charge in [0, 0.05) is 16.9 Å². The molecule has 18 heavy (non-hydrogen) atoms. The first-order valence-corrected chi connectivity index (χ1v) is 7.22. The van der Waals surface area contributed by atoms with Crippen LogP contribution in [0.3, 0.4) is 0 Å². The zero-order valence-corrected chi connectivity index (χ0v) is 11.3. The van der Waals surface area contributed by atoms with Crippen LogP contribution in [0.25, 0.3) is 0 Å². The number of ether oxygens (including phenoxy) is 1. The van der Waals surface area contributed by atoms with Gasteiger partial charge < -0.3 is 4.74 Å². The van der Waals surface area contributed by atoms with Gasteiger partial charge in [-0.3, -0.25) is 11.3 Å². The summed E-state index contributed by atoms with van der Waals surface area (Å²) >= 11 is 1.87. The highest BCUT2D eigenvalue weighted by Crippen LogP contribution is 2.35. The van der Waals surface area contributed by atoms with Crippen LogP contribution >= 0.6 is 11.8 Å². The number of rotatable bonds is 4. The van der Waals surface area contributed by atoms with Gasteiger partial charge in [-0.25, -0.2) is 4.39 Å². The molecule has 1 aliphatic rings. The summed E-state index contributed by atoms with van der Waals surface area (Å²) < 4.78 is 19.1. The Morgan fingerprint density at radius 2 is 2.33 bits per heavy atom. The maximum absolute atomic E-state index is 14.0. The summed E-state index contributed by atoms with van der Waals surface area (Å²) in [6, 6.07) is 4.80. The van der Waals surface area contributed by atoms with Crippen LogP contribution in [-0.4, -0.2) is 18.1 Å². The van der Waals surface area contributed by atoms with Crippen molar-refractivity contribution in [2.24, 2.45) is 5.84 Å². The first-order chi connectivity index (χ1) is 8.76. The number of hydrogen-bond acceptors (Lipinski definition) is 4. The van der Waals surface area contributed by atoms with E-state index >= 15 is 0 Å². The smallest absolute Gasteiger partial charge is 0.131 e. The predicted octanol–water partition coefficient (Wildman–Crippen LogP) is 2.62. The van der Waals surface area contributed by atoms with Crippen LogP contribution in [0.15, 0.2) is 18.2 Å². The van der Waals surface area contributed by atoms with Crippen molar-refractivity contribution in [3.05, 3.63) is 29.6 Å². The number of thioether (sulfide) groups is 1. The van der Waals surface area contributed by atoms with Gasteiger partial charge in [0.2, 0.25) is 0 Å². The fraction of sp³-hybridized carbons (Fsp3) is 0.538. The lowest BCUT2D eigenvalue weighted by Gasteiger charge is -2.29. The van der Waals surface area contributed by atoms with E-state index in [-0.39, 0.29) is 11.9 Å². The molecule has 1 heterocycles. The zero-order chi connectivity index (χ0) is 13.0. The quantitative estimate of drug-likeness (QED) is 0.652. The van der Waals surface area contributed by atoms with Crippen molar-refractivity contribution in [3.8, 4) is 5.75 Å². The molecule has 0 amide bonds. The van der Waals surface area contributed by atoms with Crippen molar-refractivity contribution >= 4 is 11.8 Å². The normalized spacial score (nSPS) is 21.6. The molecule has 1 aliphatic heterocycles. The summed E-state index contributed by atoms with van der Waals surface area (Å²) in [5.41, 5.74) is 3.39. The van der Waals surface area contributed by atoms with Gasteiger partial charge in [0.25, 0.3) is 0 Å². The molecular formula is C13H19FN2OS. The van der Waals surface area contributed by atoms with Crippen molar-refractivity contribution in [1.82, 2.24) is 5.43 Å². The third-order valence-corrected chi connectivity index (χ3v) is 4.77. The van der Waals surface area contributed by atoms with Crippen LogP contribution in [-0.2, 0) is 0 Å². The topological polar surface area (TPSA) is 47.3 Å². The average molecular weight is 270 g/mol. The summed E-state index contributed by atoms with van der Waals surface area (Å²) in [6.45, 7) is 0. The van der Waals surface area contributed by atoms with E-state index in [2.05, 4.69) is 5.43 Å². The molecule has 0 radical (unpaired) electrons. The third-order valence-electron chi connectivity index (χ3n) is 3.31. The fourth-order valence-corrected chi connectivity index (χ4v) is 3.74. The van der Waals surface area contributed by atoms with Crippen LogP contribution in [0.1, 0.15) is 30.9 Å². The molecule has 3 N–H and O–H groups in total. The third kappa shape index (κ3) is 2.96. The van der Waals surface area contributed by atoms with Crippen molar-refractivity contribution in [2.75, 3.05) is 12.9 Å². The second-order valence-electron chi connectivity index (χ2n) is 4.44. The summed E-state index contributed by atoms with van der Waals surface area (Å²) in [7, 11) is 1.53. The van der Waals surface area contributed by atoms with E-state index in [9.17, 15) is 4.39 Å². The highest BCUT2D eigenvalue weighted by molar-refractivity contribution is 8.00. The molecule has 1 aromatic rings. The molecular weight excluding hydrogens is 251 g/mol. The van der Waals surface area contributed by atoms with Crippen LogP contribution in [0.5, 0.6) is 5.75 Å². The maximum atomic E-state index is 14.0. The summed E-state index contributed by atoms with van der Waals surface area (Å²) in [5, 5.41) is 0.339. The van der Waals surface area contributed by atoms with Gasteiger partial charge in [-0.15, -0.1) is 0 Å². The molecule has 100 valence electrons. The van der Waals surface area contributed by atoms with Crippen LogP contribution in [0.2, 0.25) is 0 Å². The van der Waals surface area contributed by atoms with Gasteiger partial charge in [-0.2, -0.15) is 11.8 Å². The van der Waals surface area contributed by atoms with E-state index in [1.807, 2.05) is 11.8 Å². The van der Waals surface area contributed by atoms with E-state index in [0.717, 1.165) is 12.2 Å². The number of benzene rings is 1. The second-order valence-corrected chi connectivity index (χ2v) is 5.78. The molecule has 0 saturated carbocycles. The van der Waals surface area contributed by atoms with Gasteiger partial charge in [0.15, 0.2) is 0 Å². The minimum absolute atomic E-state index is 0.138. The lowest BCUT2D eigenvalue weighted by Crippen LogP contribution is -2.36. The molecule has 0 spiro atoms. The SMILES string of the molecule is COc1ccc(C(NN)C2CCCCS2)c(F)c1. The van der Waals surface area contributed by atoms with Crippen LogP contribution in [0.4, 0.5) is 4.39 Å². The Kier molecular flexibility index (Phi) is 4.86. The number of methoxy groups -OCH3 is 1. The Labute approximate surface area is 111 Å². The Morgan fingerprint density at radius 3 is 2.89 bits per heavy atom. The van der Waals surface area contributed by atoms with Gasteiger partial charge >= 0.3 is 0 Å². The van der Waals surface area contributed by atoms with E-state index in [0.29, 0.717) is 16.6 Å². The number of hydrogen-bond donors (Lipinski definition) is 2. The Morgan fingerprint density at radius 1 is 1.50 bits per heavy atom. The van der Waals surface area contributed by atoms with E-state index in [4.69, 9.17) is 10.6 Å². The zero-order valence-electron chi connectivity index (χ0n) is 10.5. The average Bonchev–Trinajstić information content (AvgIpc) is 2.42. The van der Waals surface area contributed by atoms with Crippen molar-refractivity contribution in [3.63, 3.8) is 0 Å². The van der Waals surface area contributed by atoms with Crippen molar-refractivity contribution in [1.29, 1.82) is 0 Å². The highest BCUT2D eigenvalue weighted by atomic mass is 32.2. The molecule has 2 unspecified atom stereocenters. The summed E-state index contributed by atoms with van der Waals surface area (Å²) in [5.74, 6) is 7.01. The first kappa shape index (κ1) is 13.6. The second kappa shape index (κ2) is 6.41. The summed E-state index contributed by atoms with van der Waals surface area (Å²) in [6.07, 6.45) is 3.50. The molecule has 2 atom stereocenters. The van der Waals surface area contributed by atoms with Gasteiger partial charge in [-0.05, 0) is 24.7 Å². The molecule has 1 fully saturated rings. The fourth-order valence-electron chi connectivity index (χ4n) is 2.31. The standard InChI is InChI=1S/C13H19FN2OS/c1-17-9-5-6-10(11(14)8-9)13(16-15)12-4-2-3-7-18-12/h5-6,8,12-13,16H,2-4,7,15H2,1H3. The minimum atomic E-state index is -0.261. The minimum Gasteiger partial charge on any atom is -0.497 e. The Balaban J connectivity index is 2.20. The Bertz CT molecular complexity index is 397. The van der Waals surface area contributed by atoms with Gasteiger partial charge in [-0.1, -0.05) is 12.5 Å². The first-order valence-electron chi connectivity index (χ1n) is 6.17. The molecule has 0 aromatic heterocycles. The maximum Gasteiger partial charge on any atom is 0.131 e. The molecule has 1 aromatic carbocycles. The number of nitrogens with two attached hydrogens (primary N) is 1. The van der Waals surface area contributed by atoms with E-state index < -0.39 is 0 Å². The Hall–Kier alpha value is -0.780. The number of hydrazine groups is 1. The van der Waals surface area contributed by atoms with Crippen molar-refractivity contribution < 1.29 is 9.13 Å². The molecule has 0 aliphatic carbocycles. The largest absolute Gasteiger partial charge is 0.497 e. The summed E-state index contributed by atoms with van der Waals surface area (Å²) in [4.78, 5) is 0. The monoisotopic (exact) mass is 270 g/mol. The van der Waals surface area contributed by atoms with Crippen molar-refractivity contribution in [2.45, 2.75) is 30.6 Å². The molecule has 3 nitrogen and oxygen atoms in total. The van der Waals surface area contributed by atoms with E-state index in [1.54, 1.807) is 12.1 Å². The number of halogens is 1. The molecule has 0 bridgehead atoms. The molecule has 1 saturated heterocycles. The van der Waals surface area contributed by atoms with Crippen LogP contribution < -0.4 is 16.0 Å². The van der Waals surface area contributed by atoms with Crippen LogP contribution in [0, 0.1) is 5.82 Å².